The molecule has 0 amide bonds. The van der Waals surface area contributed by atoms with E-state index < -0.39 is 0 Å². The molecule has 2 aliphatic heterocycles. The van der Waals surface area contributed by atoms with E-state index >= 15 is 0 Å². The summed E-state index contributed by atoms with van der Waals surface area (Å²) in [4.78, 5) is 2.66. The largest absolute Gasteiger partial charge is 0.375 e. The lowest BCUT2D eigenvalue weighted by Crippen LogP contribution is -2.35. The van der Waals surface area contributed by atoms with Crippen molar-refractivity contribution in [2.75, 3.05) is 39.3 Å². The third kappa shape index (κ3) is 2.41. The van der Waals surface area contributed by atoms with E-state index in [4.69, 9.17) is 4.74 Å². The molecule has 92 valence electrons. The number of ether oxygens (including phenoxy) is 1. The maximum absolute atomic E-state index is 5.92. The van der Waals surface area contributed by atoms with Gasteiger partial charge in [0.2, 0.25) is 0 Å². The summed E-state index contributed by atoms with van der Waals surface area (Å²) >= 11 is 0. The van der Waals surface area contributed by atoms with Gasteiger partial charge in [-0.1, -0.05) is 12.8 Å². The molecule has 0 aromatic heterocycles. The van der Waals surface area contributed by atoms with Crippen molar-refractivity contribution in [3.8, 4) is 0 Å². The molecular weight excluding hydrogens is 200 g/mol. The Morgan fingerprint density at radius 2 is 2.06 bits per heavy atom. The molecule has 0 aromatic rings. The van der Waals surface area contributed by atoms with Crippen LogP contribution in [0.3, 0.4) is 0 Å². The highest BCUT2D eigenvalue weighted by molar-refractivity contribution is 4.87. The first kappa shape index (κ1) is 11.0. The van der Waals surface area contributed by atoms with Gasteiger partial charge >= 0.3 is 0 Å². The van der Waals surface area contributed by atoms with Crippen LogP contribution in [0.25, 0.3) is 0 Å². The number of fused-ring (bicyclic) bond motifs is 1. The Hall–Kier alpha value is -0.120. The maximum atomic E-state index is 5.92. The Morgan fingerprint density at radius 3 is 2.94 bits per heavy atom. The highest BCUT2D eigenvalue weighted by Gasteiger charge is 2.32. The molecule has 3 heteroatoms. The Labute approximate surface area is 98.5 Å². The third-order valence-corrected chi connectivity index (χ3v) is 4.50. The van der Waals surface area contributed by atoms with E-state index in [1.165, 1.54) is 38.8 Å². The SMILES string of the molecule is C1CCC(CN2CCO[C@H]3CNC[C@H]3C2)C1. The molecule has 0 radical (unpaired) electrons. The molecule has 2 saturated heterocycles. The van der Waals surface area contributed by atoms with Gasteiger partial charge in [0.15, 0.2) is 0 Å². The van der Waals surface area contributed by atoms with E-state index in [-0.39, 0.29) is 0 Å². The molecular formula is C13H24N2O. The van der Waals surface area contributed by atoms with Gasteiger partial charge in [0.05, 0.1) is 12.7 Å². The Balaban J connectivity index is 1.54. The summed E-state index contributed by atoms with van der Waals surface area (Å²) in [5.41, 5.74) is 0. The Kier molecular flexibility index (Phi) is 3.46. The maximum Gasteiger partial charge on any atom is 0.0752 e. The fourth-order valence-electron chi connectivity index (χ4n) is 3.57. The third-order valence-electron chi connectivity index (χ3n) is 4.50. The van der Waals surface area contributed by atoms with Gasteiger partial charge in [-0.05, 0) is 18.8 Å². The number of hydrogen-bond acceptors (Lipinski definition) is 3. The van der Waals surface area contributed by atoms with Crippen LogP contribution in [-0.4, -0.2) is 50.3 Å². The van der Waals surface area contributed by atoms with E-state index in [0.717, 1.165) is 38.1 Å². The highest BCUT2D eigenvalue weighted by atomic mass is 16.5. The number of nitrogens with one attached hydrogen (secondary N) is 1. The lowest BCUT2D eigenvalue weighted by molar-refractivity contribution is 0.0570. The van der Waals surface area contributed by atoms with E-state index in [1.807, 2.05) is 0 Å². The first-order chi connectivity index (χ1) is 7.92. The first-order valence-electron chi connectivity index (χ1n) is 6.96. The Bertz CT molecular complexity index is 228. The van der Waals surface area contributed by atoms with E-state index in [0.29, 0.717) is 6.10 Å². The van der Waals surface area contributed by atoms with Gasteiger partial charge in [-0.3, -0.25) is 0 Å². The van der Waals surface area contributed by atoms with E-state index in [2.05, 4.69) is 10.2 Å². The van der Waals surface area contributed by atoms with Crippen molar-refractivity contribution in [3.63, 3.8) is 0 Å². The fourth-order valence-corrected chi connectivity index (χ4v) is 3.57. The van der Waals surface area contributed by atoms with Crippen molar-refractivity contribution in [3.05, 3.63) is 0 Å². The minimum atomic E-state index is 0.494. The highest BCUT2D eigenvalue weighted by Crippen LogP contribution is 2.27. The lowest BCUT2D eigenvalue weighted by Gasteiger charge is -2.25. The topological polar surface area (TPSA) is 24.5 Å². The fraction of sp³-hybridized carbons (Fsp3) is 1.00. The van der Waals surface area contributed by atoms with Gasteiger partial charge in [0, 0.05) is 38.6 Å². The molecule has 3 rings (SSSR count). The summed E-state index contributed by atoms with van der Waals surface area (Å²) < 4.78 is 5.92. The van der Waals surface area contributed by atoms with E-state index in [9.17, 15) is 0 Å². The van der Waals surface area contributed by atoms with Gasteiger partial charge in [0.25, 0.3) is 0 Å². The summed E-state index contributed by atoms with van der Waals surface area (Å²) in [7, 11) is 0. The van der Waals surface area contributed by atoms with Gasteiger partial charge in [0.1, 0.15) is 0 Å². The summed E-state index contributed by atoms with van der Waals surface area (Å²) in [5, 5.41) is 3.45. The van der Waals surface area contributed by atoms with E-state index in [1.54, 1.807) is 0 Å². The van der Waals surface area contributed by atoms with Crippen molar-refractivity contribution in [2.45, 2.75) is 31.8 Å². The van der Waals surface area contributed by atoms with Crippen molar-refractivity contribution in [2.24, 2.45) is 11.8 Å². The summed E-state index contributed by atoms with van der Waals surface area (Å²) in [6.45, 7) is 6.91. The van der Waals surface area contributed by atoms with Crippen molar-refractivity contribution in [1.29, 1.82) is 0 Å². The zero-order valence-electron chi connectivity index (χ0n) is 10.2. The minimum Gasteiger partial charge on any atom is -0.375 e. The van der Waals surface area contributed by atoms with Crippen LogP contribution in [0, 0.1) is 11.8 Å². The first-order valence-corrected chi connectivity index (χ1v) is 6.96. The van der Waals surface area contributed by atoms with Crippen LogP contribution in [0.5, 0.6) is 0 Å². The smallest absolute Gasteiger partial charge is 0.0752 e. The predicted molar refractivity (Wildman–Crippen MR) is 64.5 cm³/mol. The second kappa shape index (κ2) is 5.03. The number of rotatable bonds is 2. The molecule has 0 spiro atoms. The Morgan fingerprint density at radius 1 is 1.19 bits per heavy atom. The zero-order chi connectivity index (χ0) is 10.8. The van der Waals surface area contributed by atoms with Crippen molar-refractivity contribution in [1.82, 2.24) is 10.2 Å². The van der Waals surface area contributed by atoms with Crippen LogP contribution in [-0.2, 0) is 4.74 Å². The average molecular weight is 224 g/mol. The summed E-state index contributed by atoms with van der Waals surface area (Å²) in [5.74, 6) is 1.72. The standard InChI is InChI=1S/C13H24N2O/c1-2-4-11(3-1)9-15-5-6-16-13-8-14-7-12(13)10-15/h11-14H,1-10H2/t12-,13-/m0/s1. The van der Waals surface area contributed by atoms with Gasteiger partial charge in [-0.15, -0.1) is 0 Å². The molecule has 0 unspecified atom stereocenters. The zero-order valence-corrected chi connectivity index (χ0v) is 10.2. The molecule has 1 N–H and O–H groups in total. The monoisotopic (exact) mass is 224 g/mol. The van der Waals surface area contributed by atoms with Crippen LogP contribution in [0.2, 0.25) is 0 Å². The molecule has 1 saturated carbocycles. The van der Waals surface area contributed by atoms with Crippen LogP contribution in [0.15, 0.2) is 0 Å². The van der Waals surface area contributed by atoms with Crippen molar-refractivity contribution < 1.29 is 4.74 Å². The molecule has 16 heavy (non-hydrogen) atoms. The molecule has 0 bridgehead atoms. The van der Waals surface area contributed by atoms with Gasteiger partial charge < -0.3 is 15.0 Å². The second-order valence-electron chi connectivity index (χ2n) is 5.74. The summed E-state index contributed by atoms with van der Waals surface area (Å²) in [6, 6.07) is 0. The molecule has 3 fully saturated rings. The average Bonchev–Trinajstić information content (AvgIpc) is 2.88. The molecule has 3 nitrogen and oxygen atoms in total. The van der Waals surface area contributed by atoms with Crippen LogP contribution >= 0.6 is 0 Å². The molecule has 1 aliphatic carbocycles. The number of hydrogen-bond donors (Lipinski definition) is 1. The molecule has 2 atom stereocenters. The molecule has 0 aromatic carbocycles. The van der Waals surface area contributed by atoms with Gasteiger partial charge in [-0.2, -0.15) is 0 Å². The molecule has 3 aliphatic rings. The number of nitrogens with zero attached hydrogens (tertiary/aromatic N) is 1. The lowest BCUT2D eigenvalue weighted by atomic mass is 10.0. The normalized spacial score (nSPS) is 37.5. The minimum absolute atomic E-state index is 0.494. The molecule has 2 heterocycles. The van der Waals surface area contributed by atoms with Crippen LogP contribution in [0.4, 0.5) is 0 Å². The summed E-state index contributed by atoms with van der Waals surface area (Å²) in [6.07, 6.45) is 6.34. The second-order valence-corrected chi connectivity index (χ2v) is 5.74. The predicted octanol–water partition coefficient (Wildman–Crippen LogP) is 1.10. The quantitative estimate of drug-likeness (QED) is 0.760. The van der Waals surface area contributed by atoms with Crippen LogP contribution in [0.1, 0.15) is 25.7 Å². The van der Waals surface area contributed by atoms with Crippen molar-refractivity contribution >= 4 is 0 Å². The van der Waals surface area contributed by atoms with Crippen LogP contribution < -0.4 is 5.32 Å². The van der Waals surface area contributed by atoms with Gasteiger partial charge in [-0.25, -0.2) is 0 Å².